The van der Waals surface area contributed by atoms with Crippen LogP contribution in [-0.2, 0) is 18.3 Å². The van der Waals surface area contributed by atoms with E-state index >= 15 is 0 Å². The summed E-state index contributed by atoms with van der Waals surface area (Å²) in [6, 6.07) is 0.832. The van der Waals surface area contributed by atoms with E-state index in [9.17, 15) is 4.79 Å². The summed E-state index contributed by atoms with van der Waals surface area (Å²) in [5.41, 5.74) is 2.66. The zero-order valence-electron chi connectivity index (χ0n) is 11.5. The molecule has 3 rings (SSSR count). The van der Waals surface area contributed by atoms with Gasteiger partial charge >= 0.3 is 0 Å². The number of aryl methyl sites for hydroxylation is 1. The summed E-state index contributed by atoms with van der Waals surface area (Å²) in [5, 5.41) is 10.9. The van der Waals surface area contributed by atoms with E-state index in [-0.39, 0.29) is 5.91 Å². The zero-order valence-corrected chi connectivity index (χ0v) is 11.5. The summed E-state index contributed by atoms with van der Waals surface area (Å²) in [5.74, 6) is 0.178. The van der Waals surface area contributed by atoms with Gasteiger partial charge in [0.05, 0.1) is 6.20 Å². The molecule has 0 spiro atoms. The fourth-order valence-corrected chi connectivity index (χ4v) is 2.81. The highest BCUT2D eigenvalue weighted by Gasteiger charge is 2.24. The van der Waals surface area contributed by atoms with E-state index in [1.165, 1.54) is 17.7 Å². The third-order valence-corrected chi connectivity index (χ3v) is 4.06. The molecule has 1 unspecified atom stereocenters. The van der Waals surface area contributed by atoms with Gasteiger partial charge in [0.15, 0.2) is 0 Å². The van der Waals surface area contributed by atoms with E-state index in [1.54, 1.807) is 0 Å². The van der Waals surface area contributed by atoms with Gasteiger partial charge < -0.3 is 10.6 Å². The number of nitrogens with one attached hydrogen (secondary N) is 2. The lowest BCUT2D eigenvalue weighted by Gasteiger charge is -2.23. The maximum absolute atomic E-state index is 11.6. The van der Waals surface area contributed by atoms with Crippen molar-refractivity contribution in [2.45, 2.75) is 50.6 Å². The summed E-state index contributed by atoms with van der Waals surface area (Å²) in [4.78, 5) is 11.6. The normalized spacial score (nSPS) is 22.1. The molecule has 2 aliphatic rings. The number of carbonyl (C=O) groups excluding carboxylic acids is 1. The quantitative estimate of drug-likeness (QED) is 0.834. The van der Waals surface area contributed by atoms with Crippen molar-refractivity contribution in [3.63, 3.8) is 0 Å². The van der Waals surface area contributed by atoms with Crippen molar-refractivity contribution in [3.05, 3.63) is 17.5 Å². The molecule has 104 valence electrons. The average molecular weight is 262 g/mol. The molecule has 1 amide bonds. The fourth-order valence-electron chi connectivity index (χ4n) is 2.81. The summed E-state index contributed by atoms with van der Waals surface area (Å²) < 4.78 is 1.98. The first-order chi connectivity index (χ1) is 9.24. The third kappa shape index (κ3) is 2.97. The van der Waals surface area contributed by atoms with Crippen LogP contribution >= 0.6 is 0 Å². The number of hydrogen-bond donors (Lipinski definition) is 2. The Kier molecular flexibility index (Phi) is 3.55. The minimum atomic E-state index is 0.178. The molecule has 0 aromatic carbocycles. The van der Waals surface area contributed by atoms with Gasteiger partial charge in [-0.05, 0) is 32.1 Å². The molecule has 5 nitrogen and oxygen atoms in total. The van der Waals surface area contributed by atoms with Crippen molar-refractivity contribution in [2.24, 2.45) is 7.05 Å². The van der Waals surface area contributed by atoms with Crippen LogP contribution in [0.1, 0.15) is 49.4 Å². The summed E-state index contributed by atoms with van der Waals surface area (Å²) >= 11 is 0. The van der Waals surface area contributed by atoms with Gasteiger partial charge in [-0.25, -0.2) is 0 Å². The lowest BCUT2D eigenvalue weighted by molar-refractivity contribution is -0.121. The minimum Gasteiger partial charge on any atom is -0.353 e. The van der Waals surface area contributed by atoms with Gasteiger partial charge in [0.25, 0.3) is 0 Å². The Morgan fingerprint density at radius 1 is 1.47 bits per heavy atom. The van der Waals surface area contributed by atoms with Crippen LogP contribution in [-0.4, -0.2) is 28.3 Å². The van der Waals surface area contributed by atoms with Crippen LogP contribution < -0.4 is 10.6 Å². The SMILES string of the molecule is Cn1ncc2c1CCCC2NCCC(=O)NC1CC1. The van der Waals surface area contributed by atoms with Crippen LogP contribution in [0.15, 0.2) is 6.20 Å². The lowest BCUT2D eigenvalue weighted by Crippen LogP contribution is -2.31. The van der Waals surface area contributed by atoms with Crippen LogP contribution in [0.4, 0.5) is 0 Å². The van der Waals surface area contributed by atoms with Crippen molar-refractivity contribution in [1.82, 2.24) is 20.4 Å². The highest BCUT2D eigenvalue weighted by Crippen LogP contribution is 2.28. The molecule has 1 fully saturated rings. The standard InChI is InChI=1S/C14H22N4O/c1-18-13-4-2-3-12(11(13)9-16-18)15-8-7-14(19)17-10-5-6-10/h9-10,12,15H,2-8H2,1H3,(H,17,19). The second-order valence-corrected chi connectivity index (χ2v) is 5.66. The first-order valence-corrected chi connectivity index (χ1v) is 7.27. The van der Waals surface area contributed by atoms with Gasteiger partial charge in [-0.2, -0.15) is 5.10 Å². The number of amides is 1. The van der Waals surface area contributed by atoms with Crippen LogP contribution in [0.25, 0.3) is 0 Å². The molecule has 2 aliphatic carbocycles. The van der Waals surface area contributed by atoms with Crippen molar-refractivity contribution >= 4 is 5.91 Å². The third-order valence-electron chi connectivity index (χ3n) is 4.06. The predicted molar refractivity (Wildman–Crippen MR) is 72.7 cm³/mol. The molecule has 1 atom stereocenters. The van der Waals surface area contributed by atoms with E-state index in [0.29, 0.717) is 18.5 Å². The van der Waals surface area contributed by atoms with Crippen molar-refractivity contribution in [1.29, 1.82) is 0 Å². The Bertz CT molecular complexity index is 464. The Labute approximate surface area is 113 Å². The van der Waals surface area contributed by atoms with E-state index in [2.05, 4.69) is 15.7 Å². The van der Waals surface area contributed by atoms with Gasteiger partial charge in [0.1, 0.15) is 0 Å². The van der Waals surface area contributed by atoms with Crippen LogP contribution in [0.5, 0.6) is 0 Å². The summed E-state index contributed by atoms with van der Waals surface area (Å²) in [6.45, 7) is 0.748. The second-order valence-electron chi connectivity index (χ2n) is 5.66. The Hall–Kier alpha value is -1.36. The highest BCUT2D eigenvalue weighted by molar-refractivity contribution is 5.76. The molecule has 1 aromatic rings. The average Bonchev–Trinajstić information content (AvgIpc) is 3.12. The Morgan fingerprint density at radius 3 is 3.11 bits per heavy atom. The van der Waals surface area contributed by atoms with Crippen LogP contribution in [0.2, 0.25) is 0 Å². The Morgan fingerprint density at radius 2 is 2.32 bits per heavy atom. The maximum atomic E-state index is 11.6. The van der Waals surface area contributed by atoms with Crippen molar-refractivity contribution in [2.75, 3.05) is 6.54 Å². The molecule has 1 heterocycles. The van der Waals surface area contributed by atoms with E-state index in [4.69, 9.17) is 0 Å². The zero-order chi connectivity index (χ0) is 13.2. The second kappa shape index (κ2) is 5.33. The topological polar surface area (TPSA) is 59.0 Å². The predicted octanol–water partition coefficient (Wildman–Crippen LogP) is 1.06. The smallest absolute Gasteiger partial charge is 0.221 e. The molecule has 0 saturated heterocycles. The van der Waals surface area contributed by atoms with Gasteiger partial charge in [0, 0.05) is 43.4 Å². The van der Waals surface area contributed by atoms with Crippen molar-refractivity contribution in [3.8, 4) is 0 Å². The molecule has 1 saturated carbocycles. The van der Waals surface area contributed by atoms with E-state index < -0.39 is 0 Å². The number of aromatic nitrogens is 2. The highest BCUT2D eigenvalue weighted by atomic mass is 16.1. The molecule has 2 N–H and O–H groups in total. The first kappa shape index (κ1) is 12.7. The van der Waals surface area contributed by atoms with Gasteiger partial charge in [-0.1, -0.05) is 0 Å². The molecule has 0 aliphatic heterocycles. The number of rotatable bonds is 5. The minimum absolute atomic E-state index is 0.178. The van der Waals surface area contributed by atoms with Crippen LogP contribution in [0.3, 0.4) is 0 Å². The number of fused-ring (bicyclic) bond motifs is 1. The molecule has 19 heavy (non-hydrogen) atoms. The molecule has 0 radical (unpaired) electrons. The molecular weight excluding hydrogens is 240 g/mol. The molecule has 1 aromatic heterocycles. The first-order valence-electron chi connectivity index (χ1n) is 7.27. The number of nitrogens with zero attached hydrogens (tertiary/aromatic N) is 2. The summed E-state index contributed by atoms with van der Waals surface area (Å²) in [6.07, 6.45) is 8.30. The molecule has 0 bridgehead atoms. The maximum Gasteiger partial charge on any atom is 0.221 e. The van der Waals surface area contributed by atoms with E-state index in [1.807, 2.05) is 17.9 Å². The number of carbonyl (C=O) groups is 1. The summed E-state index contributed by atoms with van der Waals surface area (Å²) in [7, 11) is 2.00. The Balaban J connectivity index is 1.49. The van der Waals surface area contributed by atoms with E-state index in [0.717, 1.165) is 32.2 Å². The van der Waals surface area contributed by atoms with Gasteiger partial charge in [-0.3, -0.25) is 9.48 Å². The lowest BCUT2D eigenvalue weighted by atomic mass is 9.93. The van der Waals surface area contributed by atoms with Crippen LogP contribution in [0, 0.1) is 0 Å². The number of hydrogen-bond acceptors (Lipinski definition) is 3. The van der Waals surface area contributed by atoms with Gasteiger partial charge in [0.2, 0.25) is 5.91 Å². The largest absolute Gasteiger partial charge is 0.353 e. The fraction of sp³-hybridized carbons (Fsp3) is 0.714. The van der Waals surface area contributed by atoms with Crippen molar-refractivity contribution < 1.29 is 4.79 Å². The van der Waals surface area contributed by atoms with Gasteiger partial charge in [-0.15, -0.1) is 0 Å². The monoisotopic (exact) mass is 262 g/mol. The molecule has 5 heteroatoms. The molecular formula is C14H22N4O.